The second-order valence-corrected chi connectivity index (χ2v) is 7.88. The van der Waals surface area contributed by atoms with Crippen molar-refractivity contribution in [2.75, 3.05) is 52.4 Å². The number of primary amides is 1. The number of likely N-dealkylation sites (tertiary alicyclic amines) is 1. The number of amides is 1. The fourth-order valence-corrected chi connectivity index (χ4v) is 4.05. The zero-order chi connectivity index (χ0) is 20.6. The highest BCUT2D eigenvalue weighted by Gasteiger charge is 2.25. The van der Waals surface area contributed by atoms with Gasteiger partial charge in [-0.05, 0) is 39.3 Å². The number of aliphatic imine (C=N–C) groups is 1. The molecule has 0 aliphatic carbocycles. The molecule has 2 atom stereocenters. The van der Waals surface area contributed by atoms with E-state index in [1.54, 1.807) is 4.68 Å². The van der Waals surface area contributed by atoms with Crippen LogP contribution >= 0.6 is 24.0 Å². The van der Waals surface area contributed by atoms with Gasteiger partial charge in [-0.3, -0.25) is 14.5 Å². The molecule has 0 saturated carbocycles. The second kappa shape index (κ2) is 12.5. The Balaban J connectivity index is 0.00000320. The molecule has 2 aliphatic heterocycles. The number of nitrogens with two attached hydrogens (primary N) is 1. The van der Waals surface area contributed by atoms with E-state index in [0.717, 1.165) is 76.6 Å². The Kier molecular flexibility index (Phi) is 10.3. The zero-order valence-electron chi connectivity index (χ0n) is 18.1. The second-order valence-electron chi connectivity index (χ2n) is 7.88. The van der Waals surface area contributed by atoms with Gasteiger partial charge in [0.05, 0.1) is 25.3 Å². The average Bonchev–Trinajstić information content (AvgIpc) is 3.17. The van der Waals surface area contributed by atoms with Crippen molar-refractivity contribution in [2.24, 2.45) is 23.7 Å². The minimum atomic E-state index is -0.169. The Morgan fingerprint density at radius 2 is 2.23 bits per heavy atom. The molecule has 0 spiro atoms. The molecular formula is C20H36IN7O2. The maximum absolute atomic E-state index is 11.4. The summed E-state index contributed by atoms with van der Waals surface area (Å²) in [7, 11) is 1.92. The van der Waals surface area contributed by atoms with Crippen LogP contribution in [0.15, 0.2) is 17.4 Å². The molecule has 3 heterocycles. The fourth-order valence-electron chi connectivity index (χ4n) is 4.05. The van der Waals surface area contributed by atoms with Gasteiger partial charge in [-0.15, -0.1) is 24.0 Å². The number of halogens is 1. The summed E-state index contributed by atoms with van der Waals surface area (Å²) >= 11 is 0. The van der Waals surface area contributed by atoms with E-state index < -0.39 is 0 Å². The summed E-state index contributed by atoms with van der Waals surface area (Å²) in [6.07, 6.45) is 6.83. The zero-order valence-corrected chi connectivity index (χ0v) is 20.5. The number of piperidine rings is 1. The van der Waals surface area contributed by atoms with E-state index in [4.69, 9.17) is 15.5 Å². The minimum Gasteiger partial charge on any atom is -0.370 e. The van der Waals surface area contributed by atoms with Gasteiger partial charge in [0.1, 0.15) is 6.10 Å². The van der Waals surface area contributed by atoms with Gasteiger partial charge in [-0.1, -0.05) is 0 Å². The van der Waals surface area contributed by atoms with Gasteiger partial charge in [0.2, 0.25) is 5.91 Å². The van der Waals surface area contributed by atoms with Gasteiger partial charge >= 0.3 is 0 Å². The van der Waals surface area contributed by atoms with Gasteiger partial charge in [0, 0.05) is 45.0 Å². The molecule has 1 aromatic heterocycles. The largest absolute Gasteiger partial charge is 0.370 e. The quantitative estimate of drug-likeness (QED) is 0.235. The smallest absolute Gasteiger partial charge is 0.221 e. The molecular weight excluding hydrogens is 497 g/mol. The lowest BCUT2D eigenvalue weighted by Crippen LogP contribution is -2.48. The van der Waals surface area contributed by atoms with Crippen LogP contribution in [0, 0.1) is 5.92 Å². The van der Waals surface area contributed by atoms with Crippen LogP contribution in [0.2, 0.25) is 0 Å². The molecule has 170 valence electrons. The molecule has 30 heavy (non-hydrogen) atoms. The normalized spacial score (nSPS) is 23.1. The molecule has 0 bridgehead atoms. The standard InChI is InChI=1S/C20H35N7O2.HI/c1-3-22-20(23-7-5-9-26-8-4-6-16(14-26)19(21)28)27-10-11-29-18(15-27)17-12-24-25(2)13-17;/h12-13,16,18H,3-11,14-15H2,1-2H3,(H2,21,28)(H,22,23);1H. The van der Waals surface area contributed by atoms with Crippen LogP contribution in [0.25, 0.3) is 0 Å². The summed E-state index contributed by atoms with van der Waals surface area (Å²) in [4.78, 5) is 20.9. The SMILES string of the molecule is CCNC(=NCCCN1CCCC(C(N)=O)C1)N1CCOC(c2cnn(C)c2)C1.I. The van der Waals surface area contributed by atoms with Crippen molar-refractivity contribution in [3.05, 3.63) is 18.0 Å². The number of carbonyl (C=O) groups excluding carboxylic acids is 1. The number of nitrogens with zero attached hydrogens (tertiary/aromatic N) is 5. The summed E-state index contributed by atoms with van der Waals surface area (Å²) in [6, 6.07) is 0. The molecule has 1 amide bonds. The minimum absolute atomic E-state index is 0. The van der Waals surface area contributed by atoms with Crippen LogP contribution in [0.1, 0.15) is 37.9 Å². The van der Waals surface area contributed by atoms with Gasteiger partial charge in [-0.25, -0.2) is 0 Å². The number of rotatable bonds is 7. The monoisotopic (exact) mass is 533 g/mol. The van der Waals surface area contributed by atoms with Crippen molar-refractivity contribution >= 4 is 35.8 Å². The first kappa shape index (κ1) is 24.9. The first-order valence-corrected chi connectivity index (χ1v) is 10.7. The molecule has 2 unspecified atom stereocenters. The van der Waals surface area contributed by atoms with E-state index in [1.165, 1.54) is 0 Å². The van der Waals surface area contributed by atoms with Gasteiger partial charge < -0.3 is 25.6 Å². The molecule has 2 aliphatic rings. The highest BCUT2D eigenvalue weighted by atomic mass is 127. The van der Waals surface area contributed by atoms with Gasteiger partial charge in [0.15, 0.2) is 5.96 Å². The average molecular weight is 533 g/mol. The number of hydrogen-bond acceptors (Lipinski definition) is 5. The van der Waals surface area contributed by atoms with Crippen LogP contribution in [0.4, 0.5) is 0 Å². The highest BCUT2D eigenvalue weighted by molar-refractivity contribution is 14.0. The first-order chi connectivity index (χ1) is 14.1. The lowest BCUT2D eigenvalue weighted by atomic mass is 9.97. The number of carbonyl (C=O) groups is 1. The topological polar surface area (TPSA) is 101 Å². The van der Waals surface area contributed by atoms with E-state index >= 15 is 0 Å². The molecule has 10 heteroatoms. The van der Waals surface area contributed by atoms with Crippen LogP contribution < -0.4 is 11.1 Å². The van der Waals surface area contributed by atoms with Crippen molar-refractivity contribution < 1.29 is 9.53 Å². The summed E-state index contributed by atoms with van der Waals surface area (Å²) < 4.78 is 7.75. The number of morpholine rings is 1. The Bertz CT molecular complexity index is 696. The van der Waals surface area contributed by atoms with Crippen molar-refractivity contribution in [2.45, 2.75) is 32.3 Å². The molecule has 0 aromatic carbocycles. The van der Waals surface area contributed by atoms with E-state index in [2.05, 4.69) is 27.1 Å². The number of ether oxygens (including phenoxy) is 1. The Labute approximate surface area is 196 Å². The Hall–Kier alpha value is -1.40. The van der Waals surface area contributed by atoms with E-state index in [1.807, 2.05) is 19.4 Å². The fraction of sp³-hybridized carbons (Fsp3) is 0.750. The molecule has 9 nitrogen and oxygen atoms in total. The third-order valence-corrected chi connectivity index (χ3v) is 5.60. The summed E-state index contributed by atoms with van der Waals surface area (Å²) in [5.74, 6) is 0.776. The molecule has 2 saturated heterocycles. The first-order valence-electron chi connectivity index (χ1n) is 10.7. The lowest BCUT2D eigenvalue weighted by molar-refractivity contribution is -0.123. The summed E-state index contributed by atoms with van der Waals surface area (Å²) in [5, 5.41) is 7.67. The molecule has 2 fully saturated rings. The Morgan fingerprint density at radius 1 is 1.40 bits per heavy atom. The van der Waals surface area contributed by atoms with Crippen LogP contribution in [0.3, 0.4) is 0 Å². The maximum Gasteiger partial charge on any atom is 0.221 e. The Morgan fingerprint density at radius 3 is 2.93 bits per heavy atom. The van der Waals surface area contributed by atoms with Crippen LogP contribution in [-0.4, -0.2) is 83.9 Å². The van der Waals surface area contributed by atoms with E-state index in [9.17, 15) is 4.79 Å². The van der Waals surface area contributed by atoms with Gasteiger partial charge in [0.25, 0.3) is 0 Å². The summed E-state index contributed by atoms with van der Waals surface area (Å²) in [6.45, 7) is 8.74. The van der Waals surface area contributed by atoms with Crippen molar-refractivity contribution in [3.63, 3.8) is 0 Å². The number of nitrogens with one attached hydrogen (secondary N) is 1. The number of aryl methyl sites for hydroxylation is 1. The van der Waals surface area contributed by atoms with E-state index in [0.29, 0.717) is 6.61 Å². The highest BCUT2D eigenvalue weighted by Crippen LogP contribution is 2.21. The maximum atomic E-state index is 11.4. The molecule has 3 N–H and O–H groups in total. The molecule has 1 aromatic rings. The van der Waals surface area contributed by atoms with E-state index in [-0.39, 0.29) is 41.9 Å². The number of hydrogen-bond donors (Lipinski definition) is 2. The predicted octanol–water partition coefficient (Wildman–Crippen LogP) is 0.964. The number of aromatic nitrogens is 2. The lowest BCUT2D eigenvalue weighted by Gasteiger charge is -2.35. The third kappa shape index (κ3) is 7.09. The van der Waals surface area contributed by atoms with Crippen molar-refractivity contribution in [3.8, 4) is 0 Å². The molecule has 3 rings (SSSR count). The van der Waals surface area contributed by atoms with Crippen molar-refractivity contribution in [1.29, 1.82) is 0 Å². The third-order valence-electron chi connectivity index (χ3n) is 5.60. The molecule has 0 radical (unpaired) electrons. The van der Waals surface area contributed by atoms with Gasteiger partial charge in [-0.2, -0.15) is 5.10 Å². The van der Waals surface area contributed by atoms with Crippen molar-refractivity contribution in [1.82, 2.24) is 24.9 Å². The number of guanidine groups is 1. The van der Waals surface area contributed by atoms with Crippen LogP contribution in [0.5, 0.6) is 0 Å². The van der Waals surface area contributed by atoms with Crippen LogP contribution in [-0.2, 0) is 16.6 Å². The predicted molar refractivity (Wildman–Crippen MR) is 128 cm³/mol. The summed E-state index contributed by atoms with van der Waals surface area (Å²) in [5.41, 5.74) is 6.58.